The van der Waals surface area contributed by atoms with Gasteiger partial charge in [0.1, 0.15) is 5.75 Å². The van der Waals surface area contributed by atoms with Crippen LogP contribution in [0.5, 0.6) is 5.75 Å². The van der Waals surface area contributed by atoms with Crippen molar-refractivity contribution in [3.05, 3.63) is 28.8 Å². The van der Waals surface area contributed by atoms with Crippen LogP contribution in [-0.2, 0) is 4.74 Å². The predicted molar refractivity (Wildman–Crippen MR) is 76.6 cm³/mol. The van der Waals surface area contributed by atoms with Gasteiger partial charge in [-0.3, -0.25) is 0 Å². The highest BCUT2D eigenvalue weighted by molar-refractivity contribution is 5.46. The summed E-state index contributed by atoms with van der Waals surface area (Å²) < 4.78 is 11.0. The van der Waals surface area contributed by atoms with E-state index in [0.29, 0.717) is 19.8 Å². The second-order valence-corrected chi connectivity index (χ2v) is 5.49. The summed E-state index contributed by atoms with van der Waals surface area (Å²) in [5.41, 5.74) is 9.54. The SMILES string of the molecule is CNC(c1cc(C)cc(C)c1OC)C1(CN)COC1. The third-order valence-corrected chi connectivity index (χ3v) is 4.05. The highest BCUT2D eigenvalue weighted by atomic mass is 16.5. The van der Waals surface area contributed by atoms with Crippen LogP contribution in [0.2, 0.25) is 0 Å². The van der Waals surface area contributed by atoms with Crippen LogP contribution in [0.25, 0.3) is 0 Å². The molecule has 1 aliphatic rings. The highest BCUT2D eigenvalue weighted by Crippen LogP contribution is 2.43. The van der Waals surface area contributed by atoms with Crippen molar-refractivity contribution in [2.45, 2.75) is 19.9 Å². The zero-order valence-corrected chi connectivity index (χ0v) is 12.2. The number of methoxy groups -OCH3 is 1. The van der Waals surface area contributed by atoms with Crippen molar-refractivity contribution in [2.75, 3.05) is 33.9 Å². The lowest BCUT2D eigenvalue weighted by atomic mass is 9.74. The third kappa shape index (κ3) is 2.36. The maximum atomic E-state index is 5.99. The number of nitrogens with one attached hydrogen (secondary N) is 1. The lowest BCUT2D eigenvalue weighted by Crippen LogP contribution is -2.55. The molecule has 0 saturated carbocycles. The number of hydrogen-bond donors (Lipinski definition) is 2. The average Bonchev–Trinajstić information content (AvgIpc) is 2.32. The lowest BCUT2D eigenvalue weighted by Gasteiger charge is -2.47. The molecule has 0 aromatic heterocycles. The zero-order chi connectivity index (χ0) is 14.0. The van der Waals surface area contributed by atoms with Crippen molar-refractivity contribution >= 4 is 0 Å². The van der Waals surface area contributed by atoms with Gasteiger partial charge >= 0.3 is 0 Å². The van der Waals surface area contributed by atoms with E-state index < -0.39 is 0 Å². The van der Waals surface area contributed by atoms with Gasteiger partial charge in [-0.1, -0.05) is 17.7 Å². The molecule has 1 aromatic carbocycles. The van der Waals surface area contributed by atoms with E-state index in [4.69, 9.17) is 15.2 Å². The van der Waals surface area contributed by atoms with E-state index in [-0.39, 0.29) is 11.5 Å². The fraction of sp³-hybridized carbons (Fsp3) is 0.600. The topological polar surface area (TPSA) is 56.5 Å². The fourth-order valence-electron chi connectivity index (χ4n) is 3.04. The molecule has 3 N–H and O–H groups in total. The second-order valence-electron chi connectivity index (χ2n) is 5.49. The number of benzene rings is 1. The van der Waals surface area contributed by atoms with E-state index in [9.17, 15) is 0 Å². The van der Waals surface area contributed by atoms with Crippen molar-refractivity contribution < 1.29 is 9.47 Å². The number of nitrogens with two attached hydrogens (primary N) is 1. The molecule has 1 saturated heterocycles. The van der Waals surface area contributed by atoms with Crippen molar-refractivity contribution in [1.82, 2.24) is 5.32 Å². The number of rotatable bonds is 5. The molecule has 1 aliphatic heterocycles. The van der Waals surface area contributed by atoms with Gasteiger partial charge in [0.25, 0.3) is 0 Å². The first kappa shape index (κ1) is 14.3. The molecule has 2 rings (SSSR count). The van der Waals surface area contributed by atoms with Crippen molar-refractivity contribution in [3.63, 3.8) is 0 Å². The van der Waals surface area contributed by atoms with Gasteiger partial charge < -0.3 is 20.5 Å². The van der Waals surface area contributed by atoms with Gasteiger partial charge in [0.2, 0.25) is 0 Å². The Balaban J connectivity index is 2.48. The molecule has 0 bridgehead atoms. The molecule has 1 atom stereocenters. The molecule has 1 unspecified atom stereocenters. The molecule has 4 nitrogen and oxygen atoms in total. The Hall–Kier alpha value is -1.10. The maximum absolute atomic E-state index is 5.99. The van der Waals surface area contributed by atoms with Crippen molar-refractivity contribution in [2.24, 2.45) is 11.1 Å². The molecular weight excluding hydrogens is 240 g/mol. The summed E-state index contributed by atoms with van der Waals surface area (Å²) in [6, 6.07) is 4.48. The van der Waals surface area contributed by atoms with Gasteiger partial charge in [0.15, 0.2) is 0 Å². The van der Waals surface area contributed by atoms with Crippen LogP contribution in [0.3, 0.4) is 0 Å². The molecule has 0 aliphatic carbocycles. The van der Waals surface area contributed by atoms with Crippen LogP contribution in [0.1, 0.15) is 22.7 Å². The van der Waals surface area contributed by atoms with Crippen LogP contribution >= 0.6 is 0 Å². The first-order valence-corrected chi connectivity index (χ1v) is 6.68. The Morgan fingerprint density at radius 3 is 2.53 bits per heavy atom. The summed E-state index contributed by atoms with van der Waals surface area (Å²) >= 11 is 0. The van der Waals surface area contributed by atoms with E-state index in [1.807, 2.05) is 7.05 Å². The van der Waals surface area contributed by atoms with Gasteiger partial charge in [-0.15, -0.1) is 0 Å². The summed E-state index contributed by atoms with van der Waals surface area (Å²) in [6.45, 7) is 6.19. The molecule has 0 spiro atoms. The molecule has 1 heterocycles. The Morgan fingerprint density at radius 1 is 1.42 bits per heavy atom. The second kappa shape index (κ2) is 5.49. The minimum Gasteiger partial charge on any atom is -0.496 e. The summed E-state index contributed by atoms with van der Waals surface area (Å²) in [5.74, 6) is 0.949. The number of hydrogen-bond acceptors (Lipinski definition) is 4. The smallest absolute Gasteiger partial charge is 0.126 e. The van der Waals surface area contributed by atoms with E-state index in [0.717, 1.165) is 11.3 Å². The average molecular weight is 264 g/mol. The largest absolute Gasteiger partial charge is 0.496 e. The van der Waals surface area contributed by atoms with E-state index >= 15 is 0 Å². The standard InChI is InChI=1S/C15H24N2O2/c1-10-5-11(2)13(18-4)12(6-10)14(17-3)15(7-16)8-19-9-15/h5-6,14,17H,7-9,16H2,1-4H3. The van der Waals surface area contributed by atoms with Crippen LogP contribution in [0.15, 0.2) is 12.1 Å². The quantitative estimate of drug-likeness (QED) is 0.847. The number of ether oxygens (including phenoxy) is 2. The molecule has 0 amide bonds. The number of aryl methyl sites for hydroxylation is 2. The van der Waals surface area contributed by atoms with E-state index in [1.54, 1.807) is 7.11 Å². The van der Waals surface area contributed by atoms with Crippen LogP contribution < -0.4 is 15.8 Å². The van der Waals surface area contributed by atoms with Crippen molar-refractivity contribution in [3.8, 4) is 5.75 Å². The van der Waals surface area contributed by atoms with E-state index in [1.165, 1.54) is 11.1 Å². The fourth-order valence-corrected chi connectivity index (χ4v) is 3.04. The first-order chi connectivity index (χ1) is 9.07. The van der Waals surface area contributed by atoms with Gasteiger partial charge in [-0.2, -0.15) is 0 Å². The molecule has 1 fully saturated rings. The van der Waals surface area contributed by atoms with Gasteiger partial charge in [-0.05, 0) is 26.5 Å². The summed E-state index contributed by atoms with van der Waals surface area (Å²) in [4.78, 5) is 0. The Bertz CT molecular complexity index is 450. The first-order valence-electron chi connectivity index (χ1n) is 6.68. The van der Waals surface area contributed by atoms with Gasteiger partial charge in [-0.25, -0.2) is 0 Å². The Labute approximate surface area is 115 Å². The van der Waals surface area contributed by atoms with Crippen LogP contribution in [0, 0.1) is 19.3 Å². The predicted octanol–water partition coefficient (Wildman–Crippen LogP) is 1.55. The Morgan fingerprint density at radius 2 is 2.11 bits per heavy atom. The zero-order valence-electron chi connectivity index (χ0n) is 12.2. The molecular formula is C15H24N2O2. The maximum Gasteiger partial charge on any atom is 0.126 e. The summed E-state index contributed by atoms with van der Waals surface area (Å²) in [6.07, 6.45) is 0. The normalized spacial score (nSPS) is 18.8. The van der Waals surface area contributed by atoms with Gasteiger partial charge in [0.05, 0.1) is 20.3 Å². The minimum absolute atomic E-state index is 0.0255. The lowest BCUT2D eigenvalue weighted by molar-refractivity contribution is -0.127. The Kier molecular flexibility index (Phi) is 4.13. The van der Waals surface area contributed by atoms with E-state index in [2.05, 4.69) is 31.3 Å². The minimum atomic E-state index is -0.0255. The molecule has 19 heavy (non-hydrogen) atoms. The molecule has 4 heteroatoms. The van der Waals surface area contributed by atoms with Crippen molar-refractivity contribution in [1.29, 1.82) is 0 Å². The molecule has 0 radical (unpaired) electrons. The summed E-state index contributed by atoms with van der Waals surface area (Å²) in [5, 5.41) is 3.40. The van der Waals surface area contributed by atoms with Crippen LogP contribution in [-0.4, -0.2) is 33.9 Å². The monoisotopic (exact) mass is 264 g/mol. The molecule has 1 aromatic rings. The van der Waals surface area contributed by atoms with Gasteiger partial charge in [0, 0.05) is 23.6 Å². The highest BCUT2D eigenvalue weighted by Gasteiger charge is 2.45. The summed E-state index contributed by atoms with van der Waals surface area (Å²) in [7, 11) is 3.69. The third-order valence-electron chi connectivity index (χ3n) is 4.05. The molecule has 106 valence electrons. The van der Waals surface area contributed by atoms with Crippen LogP contribution in [0.4, 0.5) is 0 Å².